The molecular formula is C19H25N5O10. The second-order valence-corrected chi connectivity index (χ2v) is 7.38. The number of hydrogen-bond donors (Lipinski definition) is 5. The maximum absolute atomic E-state index is 12.3. The monoisotopic (exact) mass is 483 g/mol. The zero-order chi connectivity index (χ0) is 25.6. The van der Waals surface area contributed by atoms with Crippen LogP contribution in [0.3, 0.4) is 0 Å². The van der Waals surface area contributed by atoms with E-state index < -0.39 is 42.0 Å². The third-order valence-corrected chi connectivity index (χ3v) is 4.75. The molecule has 0 radical (unpaired) electrons. The molecule has 2 rings (SSSR count). The zero-order valence-corrected chi connectivity index (χ0v) is 18.3. The van der Waals surface area contributed by atoms with Crippen LogP contribution in [0.5, 0.6) is 11.8 Å². The van der Waals surface area contributed by atoms with Crippen LogP contribution in [0.25, 0.3) is 0 Å². The van der Waals surface area contributed by atoms with E-state index in [2.05, 4.69) is 10.3 Å². The second-order valence-electron chi connectivity index (χ2n) is 7.38. The fourth-order valence-corrected chi connectivity index (χ4v) is 2.70. The van der Waals surface area contributed by atoms with Gasteiger partial charge in [0.1, 0.15) is 29.6 Å². The zero-order valence-electron chi connectivity index (χ0n) is 18.3. The average Bonchev–Trinajstić information content (AvgIpc) is 3.28. The minimum Gasteiger partial charge on any atom is -0.480 e. The molecule has 3 atom stereocenters. The van der Waals surface area contributed by atoms with Crippen LogP contribution >= 0.6 is 0 Å². The molecule has 0 saturated heterocycles. The van der Waals surface area contributed by atoms with Crippen molar-refractivity contribution in [3.63, 3.8) is 0 Å². The summed E-state index contributed by atoms with van der Waals surface area (Å²) in [6, 6.07) is -3.78. The van der Waals surface area contributed by atoms with Gasteiger partial charge in [-0.15, -0.1) is 0 Å². The second kappa shape index (κ2) is 11.4. The van der Waals surface area contributed by atoms with E-state index in [0.717, 1.165) is 0 Å². The van der Waals surface area contributed by atoms with Gasteiger partial charge in [-0.05, 0) is 30.6 Å². The van der Waals surface area contributed by atoms with Gasteiger partial charge < -0.3 is 45.9 Å². The Morgan fingerprint density at radius 1 is 0.824 bits per heavy atom. The van der Waals surface area contributed by atoms with Gasteiger partial charge in [-0.3, -0.25) is 14.4 Å². The Kier molecular flexibility index (Phi) is 8.83. The molecular weight excluding hydrogens is 458 g/mol. The van der Waals surface area contributed by atoms with E-state index in [1.165, 1.54) is 13.8 Å². The first-order valence-corrected chi connectivity index (χ1v) is 9.95. The van der Waals surface area contributed by atoms with Gasteiger partial charge in [-0.2, -0.15) is 0 Å². The van der Waals surface area contributed by atoms with Gasteiger partial charge in [-0.1, -0.05) is 0 Å². The van der Waals surface area contributed by atoms with Gasteiger partial charge in [0, 0.05) is 19.3 Å². The van der Waals surface area contributed by atoms with Gasteiger partial charge >= 0.3 is 23.9 Å². The third-order valence-electron chi connectivity index (χ3n) is 4.75. The molecule has 2 heterocycles. The molecule has 0 aliphatic rings. The summed E-state index contributed by atoms with van der Waals surface area (Å²) in [6.45, 7) is 3.00. The van der Waals surface area contributed by atoms with Crippen LogP contribution in [0.4, 0.5) is 0 Å². The highest BCUT2D eigenvalue weighted by Crippen LogP contribution is 2.24. The maximum atomic E-state index is 12.3. The molecule has 15 heteroatoms. The molecule has 2 aromatic rings. The first kappa shape index (κ1) is 26.4. The van der Waals surface area contributed by atoms with E-state index in [-0.39, 0.29) is 60.1 Å². The molecule has 0 spiro atoms. The summed E-state index contributed by atoms with van der Waals surface area (Å²) in [5.74, 6) is -4.31. The Hall–Kier alpha value is -3.82. The van der Waals surface area contributed by atoms with Crippen LogP contribution in [0, 0.1) is 13.8 Å². The van der Waals surface area contributed by atoms with Crippen molar-refractivity contribution in [2.75, 3.05) is 0 Å². The summed E-state index contributed by atoms with van der Waals surface area (Å²) in [6.07, 6.45) is -0.871. The number of aromatic nitrogens is 2. The molecule has 15 nitrogen and oxygen atoms in total. The van der Waals surface area contributed by atoms with E-state index in [1.807, 2.05) is 0 Å². The third kappa shape index (κ3) is 6.84. The topological polar surface area (TPSA) is 257 Å². The molecule has 0 saturated carbocycles. The molecule has 0 bridgehead atoms. The van der Waals surface area contributed by atoms with Crippen LogP contribution in [0.2, 0.25) is 0 Å². The van der Waals surface area contributed by atoms with Crippen molar-refractivity contribution in [1.82, 2.24) is 10.3 Å². The summed E-state index contributed by atoms with van der Waals surface area (Å²) in [5.41, 5.74) is 17.2. The lowest BCUT2D eigenvalue weighted by molar-refractivity contribution is -0.139. The molecule has 0 aliphatic heterocycles. The number of carboxylic acid groups (broad SMARTS) is 2. The van der Waals surface area contributed by atoms with Crippen molar-refractivity contribution in [3.05, 3.63) is 22.6 Å². The first-order chi connectivity index (χ1) is 15.9. The summed E-state index contributed by atoms with van der Waals surface area (Å²) < 4.78 is 20.0. The van der Waals surface area contributed by atoms with Crippen molar-refractivity contribution in [2.24, 2.45) is 17.2 Å². The van der Waals surface area contributed by atoms with E-state index in [1.54, 1.807) is 0 Å². The van der Waals surface area contributed by atoms with Crippen LogP contribution in [0.1, 0.15) is 35.5 Å². The number of carboxylic acids is 2. The van der Waals surface area contributed by atoms with Crippen molar-refractivity contribution < 1.29 is 47.9 Å². The molecule has 8 N–H and O–H groups in total. The largest absolute Gasteiger partial charge is 0.480 e. The smallest absolute Gasteiger partial charge is 0.329 e. The number of nitrogens with two attached hydrogens (primary N) is 3. The van der Waals surface area contributed by atoms with Gasteiger partial charge in [0.15, 0.2) is 0 Å². The maximum Gasteiger partial charge on any atom is 0.329 e. The van der Waals surface area contributed by atoms with Gasteiger partial charge in [0.2, 0.25) is 0 Å². The lowest BCUT2D eigenvalue weighted by Gasteiger charge is -2.11. The van der Waals surface area contributed by atoms with Crippen molar-refractivity contribution in [3.8, 4) is 11.8 Å². The number of esters is 2. The number of ether oxygens (including phenoxy) is 2. The Morgan fingerprint density at radius 3 is 1.71 bits per heavy atom. The number of carbonyl (C=O) groups is 4. The highest BCUT2D eigenvalue weighted by molar-refractivity contribution is 5.80. The van der Waals surface area contributed by atoms with Gasteiger partial charge in [0.25, 0.3) is 11.8 Å². The fourth-order valence-electron chi connectivity index (χ4n) is 2.70. The Bertz CT molecular complexity index is 1060. The predicted octanol–water partition coefficient (Wildman–Crippen LogP) is -1.19. The molecule has 0 fully saturated rings. The summed E-state index contributed by atoms with van der Waals surface area (Å²) in [5, 5.41) is 25.0. The Morgan fingerprint density at radius 2 is 1.26 bits per heavy atom. The summed E-state index contributed by atoms with van der Waals surface area (Å²) >= 11 is 0. The highest BCUT2D eigenvalue weighted by atomic mass is 16.6. The van der Waals surface area contributed by atoms with Crippen LogP contribution in [0.15, 0.2) is 9.05 Å². The Balaban J connectivity index is 1.93. The summed E-state index contributed by atoms with van der Waals surface area (Å²) in [7, 11) is 0. The molecule has 2 unspecified atom stereocenters. The van der Waals surface area contributed by atoms with E-state index in [4.69, 9.17) is 45.9 Å². The van der Waals surface area contributed by atoms with Crippen LogP contribution in [-0.4, -0.2) is 62.5 Å². The number of aliphatic carboxylic acids is 2. The minimum atomic E-state index is -1.27. The molecule has 0 aliphatic carbocycles. The predicted molar refractivity (Wildman–Crippen MR) is 110 cm³/mol. The van der Waals surface area contributed by atoms with Crippen LogP contribution in [-0.2, 0) is 32.0 Å². The number of rotatable bonds is 12. The van der Waals surface area contributed by atoms with Crippen LogP contribution < -0.4 is 26.7 Å². The minimum absolute atomic E-state index is 0.176. The molecule has 186 valence electrons. The lowest BCUT2D eigenvalue weighted by Crippen LogP contribution is -2.36. The van der Waals surface area contributed by atoms with Gasteiger partial charge in [0.05, 0.1) is 11.1 Å². The molecule has 0 amide bonds. The van der Waals surface area contributed by atoms with E-state index >= 15 is 0 Å². The molecule has 2 aromatic heterocycles. The van der Waals surface area contributed by atoms with E-state index in [0.29, 0.717) is 0 Å². The van der Waals surface area contributed by atoms with Crippen molar-refractivity contribution in [2.45, 2.75) is 57.7 Å². The fraction of sp³-hybridized carbons (Fsp3) is 0.474. The first-order valence-electron chi connectivity index (χ1n) is 9.95. The standard InChI is InChI=1S/C19H25N5O10/c1-7-9(5-12(21)17(26)27)15(23-33-7)31-14(25)4-3-11(20)19(30)32-16-10(8(2)34-24-16)6-13(22)18(28)29/h11-13H,3-6,20-22H2,1-2H3,(H,26,27)(H,28,29)/t11-,12?,13?/m0/s1. The van der Waals surface area contributed by atoms with E-state index in [9.17, 15) is 19.2 Å². The number of nitrogens with zero attached hydrogens (tertiary/aromatic N) is 2. The Labute approximate surface area is 192 Å². The SMILES string of the molecule is Cc1onc(OC(=O)CC[C@H](N)C(=O)Oc2noc(C)c2CC(N)C(=O)O)c1CC(N)C(=O)O. The lowest BCUT2D eigenvalue weighted by atomic mass is 10.1. The average molecular weight is 483 g/mol. The normalized spacial score (nSPS) is 13.7. The van der Waals surface area contributed by atoms with Crippen molar-refractivity contribution in [1.29, 1.82) is 0 Å². The summed E-state index contributed by atoms with van der Waals surface area (Å²) in [4.78, 5) is 46.4. The number of hydrogen-bond acceptors (Lipinski definition) is 13. The number of aryl methyl sites for hydroxylation is 2. The van der Waals surface area contributed by atoms with Crippen molar-refractivity contribution >= 4 is 23.9 Å². The van der Waals surface area contributed by atoms with Gasteiger partial charge in [-0.25, -0.2) is 4.79 Å². The molecule has 0 aromatic carbocycles. The quantitative estimate of drug-likeness (QED) is 0.222. The highest BCUT2D eigenvalue weighted by Gasteiger charge is 2.26. The molecule has 34 heavy (non-hydrogen) atoms. The number of carbonyl (C=O) groups excluding carboxylic acids is 2.